The third-order valence-corrected chi connectivity index (χ3v) is 5.13. The molecule has 0 saturated heterocycles. The van der Waals surface area contributed by atoms with E-state index in [0.717, 1.165) is 48.8 Å². The highest BCUT2D eigenvalue weighted by molar-refractivity contribution is 5.68. The topological polar surface area (TPSA) is 50.4 Å². The zero-order chi connectivity index (χ0) is 18.1. The van der Waals surface area contributed by atoms with Gasteiger partial charge < -0.3 is 9.47 Å². The number of hydrogen-bond acceptors (Lipinski definition) is 4. The lowest BCUT2D eigenvalue weighted by Gasteiger charge is -2.25. The second-order valence-electron chi connectivity index (χ2n) is 6.90. The second kappa shape index (κ2) is 6.93. The SMILES string of the molecule is C(=C\c1ccccc1)/CN1CCc2[nH]nc(-c3ccc4c(c3)OCO4)c2C1. The first kappa shape index (κ1) is 16.1. The molecule has 0 bridgehead atoms. The number of aromatic amines is 1. The smallest absolute Gasteiger partial charge is 0.231 e. The first-order valence-electron chi connectivity index (χ1n) is 9.27. The van der Waals surface area contributed by atoms with Gasteiger partial charge in [0.05, 0.1) is 5.69 Å². The van der Waals surface area contributed by atoms with Crippen molar-refractivity contribution in [3.05, 3.63) is 71.4 Å². The maximum atomic E-state index is 5.52. The third-order valence-electron chi connectivity index (χ3n) is 5.13. The number of hydrogen-bond donors (Lipinski definition) is 1. The molecule has 5 nitrogen and oxygen atoms in total. The van der Waals surface area contributed by atoms with Crippen LogP contribution < -0.4 is 9.47 Å². The van der Waals surface area contributed by atoms with Crippen LogP contribution >= 0.6 is 0 Å². The van der Waals surface area contributed by atoms with Gasteiger partial charge in [-0.2, -0.15) is 5.10 Å². The lowest BCUT2D eigenvalue weighted by molar-refractivity contribution is 0.174. The van der Waals surface area contributed by atoms with Gasteiger partial charge in [0, 0.05) is 42.9 Å². The zero-order valence-electron chi connectivity index (χ0n) is 15.0. The van der Waals surface area contributed by atoms with Crippen LogP contribution in [-0.2, 0) is 13.0 Å². The Bertz CT molecular complexity index is 978. The van der Waals surface area contributed by atoms with Crippen LogP contribution in [0.5, 0.6) is 11.5 Å². The standard InChI is InChI=1S/C22H21N3O2/c1-2-5-16(6-3-1)7-4-11-25-12-10-19-18(14-25)22(24-23-19)17-8-9-20-21(13-17)27-15-26-20/h1-9,13H,10-12,14-15H2,(H,23,24)/b7-4+. The van der Waals surface area contributed by atoms with E-state index in [9.17, 15) is 0 Å². The summed E-state index contributed by atoms with van der Waals surface area (Å²) in [7, 11) is 0. The van der Waals surface area contributed by atoms with Crippen LogP contribution in [0.15, 0.2) is 54.6 Å². The van der Waals surface area contributed by atoms with Crippen LogP contribution in [0.2, 0.25) is 0 Å². The number of nitrogens with one attached hydrogen (secondary N) is 1. The largest absolute Gasteiger partial charge is 0.454 e. The minimum Gasteiger partial charge on any atom is -0.454 e. The number of aromatic nitrogens is 2. The monoisotopic (exact) mass is 359 g/mol. The molecule has 0 spiro atoms. The molecule has 0 radical (unpaired) electrons. The van der Waals surface area contributed by atoms with E-state index in [1.165, 1.54) is 16.8 Å². The summed E-state index contributed by atoms with van der Waals surface area (Å²) in [6, 6.07) is 16.5. The minimum atomic E-state index is 0.291. The lowest BCUT2D eigenvalue weighted by Crippen LogP contribution is -2.30. The Morgan fingerprint density at radius 1 is 1.07 bits per heavy atom. The van der Waals surface area contributed by atoms with Crippen molar-refractivity contribution in [1.29, 1.82) is 0 Å². The minimum absolute atomic E-state index is 0.291. The number of ether oxygens (including phenoxy) is 2. The quantitative estimate of drug-likeness (QED) is 0.768. The summed E-state index contributed by atoms with van der Waals surface area (Å²) in [5.74, 6) is 1.60. The van der Waals surface area contributed by atoms with Gasteiger partial charge in [-0.05, 0) is 23.8 Å². The van der Waals surface area contributed by atoms with E-state index in [2.05, 4.69) is 57.6 Å². The van der Waals surface area contributed by atoms with Crippen LogP contribution in [0.3, 0.4) is 0 Å². The van der Waals surface area contributed by atoms with Crippen LogP contribution in [0.4, 0.5) is 0 Å². The second-order valence-corrected chi connectivity index (χ2v) is 6.90. The molecular formula is C22H21N3O2. The Morgan fingerprint density at radius 2 is 1.96 bits per heavy atom. The van der Waals surface area contributed by atoms with Crippen molar-refractivity contribution in [3.63, 3.8) is 0 Å². The van der Waals surface area contributed by atoms with Crippen LogP contribution in [0.1, 0.15) is 16.8 Å². The van der Waals surface area contributed by atoms with Crippen molar-refractivity contribution < 1.29 is 9.47 Å². The predicted octanol–water partition coefficient (Wildman–Crippen LogP) is 3.88. The average Bonchev–Trinajstić information content (AvgIpc) is 3.34. The van der Waals surface area contributed by atoms with E-state index in [1.54, 1.807) is 0 Å². The Labute approximate surface area is 158 Å². The Hall–Kier alpha value is -3.05. The van der Waals surface area contributed by atoms with E-state index in [4.69, 9.17) is 9.47 Å². The molecule has 2 aromatic carbocycles. The molecule has 0 amide bonds. The Balaban J connectivity index is 1.33. The lowest BCUT2D eigenvalue weighted by atomic mass is 10.0. The van der Waals surface area contributed by atoms with Crippen LogP contribution in [0.25, 0.3) is 17.3 Å². The van der Waals surface area contributed by atoms with Crippen LogP contribution in [-0.4, -0.2) is 35.0 Å². The maximum absolute atomic E-state index is 5.52. The highest BCUT2D eigenvalue weighted by Gasteiger charge is 2.23. The summed E-state index contributed by atoms with van der Waals surface area (Å²) in [6.07, 6.45) is 5.41. The molecule has 136 valence electrons. The molecule has 3 aromatic rings. The van der Waals surface area contributed by atoms with E-state index >= 15 is 0 Å². The van der Waals surface area contributed by atoms with E-state index in [0.29, 0.717) is 6.79 Å². The van der Waals surface area contributed by atoms with E-state index in [-0.39, 0.29) is 0 Å². The predicted molar refractivity (Wildman–Crippen MR) is 105 cm³/mol. The van der Waals surface area contributed by atoms with Gasteiger partial charge in [0.2, 0.25) is 6.79 Å². The fourth-order valence-electron chi connectivity index (χ4n) is 3.69. The molecule has 0 fully saturated rings. The maximum Gasteiger partial charge on any atom is 0.231 e. The molecule has 0 aliphatic carbocycles. The van der Waals surface area contributed by atoms with Crippen LogP contribution in [0, 0.1) is 0 Å². The van der Waals surface area contributed by atoms with Crippen molar-refractivity contribution in [2.24, 2.45) is 0 Å². The molecule has 0 unspecified atom stereocenters. The highest BCUT2D eigenvalue weighted by atomic mass is 16.7. The Kier molecular flexibility index (Phi) is 4.14. The van der Waals surface area contributed by atoms with Gasteiger partial charge in [-0.1, -0.05) is 42.5 Å². The van der Waals surface area contributed by atoms with Gasteiger partial charge >= 0.3 is 0 Å². The van der Waals surface area contributed by atoms with E-state index in [1.807, 2.05) is 18.2 Å². The molecule has 0 atom stereocenters. The number of fused-ring (bicyclic) bond motifs is 2. The number of benzene rings is 2. The molecule has 2 aliphatic rings. The first-order valence-corrected chi connectivity index (χ1v) is 9.27. The fourth-order valence-corrected chi connectivity index (χ4v) is 3.69. The molecule has 0 saturated carbocycles. The molecule has 1 N–H and O–H groups in total. The highest BCUT2D eigenvalue weighted by Crippen LogP contribution is 2.37. The molecular weight excluding hydrogens is 338 g/mol. The number of nitrogens with zero attached hydrogens (tertiary/aromatic N) is 2. The summed E-state index contributed by atoms with van der Waals surface area (Å²) in [5.41, 5.74) is 5.84. The summed E-state index contributed by atoms with van der Waals surface area (Å²) in [4.78, 5) is 2.45. The number of rotatable bonds is 4. The average molecular weight is 359 g/mol. The molecule has 2 aliphatic heterocycles. The number of H-pyrrole nitrogens is 1. The van der Waals surface area contributed by atoms with Gasteiger partial charge in [-0.3, -0.25) is 10.00 Å². The van der Waals surface area contributed by atoms with E-state index < -0.39 is 0 Å². The zero-order valence-corrected chi connectivity index (χ0v) is 15.0. The van der Waals surface area contributed by atoms with Gasteiger partial charge in [-0.25, -0.2) is 0 Å². The molecule has 5 heteroatoms. The molecule has 3 heterocycles. The van der Waals surface area contributed by atoms with Gasteiger partial charge in [0.25, 0.3) is 0 Å². The van der Waals surface area contributed by atoms with Crippen molar-refractivity contribution >= 4 is 6.08 Å². The summed E-state index contributed by atoms with van der Waals surface area (Å²) in [6.45, 7) is 3.16. The molecule has 5 rings (SSSR count). The summed E-state index contributed by atoms with van der Waals surface area (Å²) < 4.78 is 10.9. The van der Waals surface area contributed by atoms with Gasteiger partial charge in [0.15, 0.2) is 11.5 Å². The first-order chi connectivity index (χ1) is 13.4. The third kappa shape index (κ3) is 3.22. The fraction of sp³-hybridized carbons (Fsp3) is 0.227. The van der Waals surface area contributed by atoms with Crippen molar-refractivity contribution in [3.8, 4) is 22.8 Å². The van der Waals surface area contributed by atoms with Gasteiger partial charge in [0.1, 0.15) is 0 Å². The molecule has 27 heavy (non-hydrogen) atoms. The van der Waals surface area contributed by atoms with Crippen molar-refractivity contribution in [2.75, 3.05) is 19.9 Å². The normalized spacial score (nSPS) is 16.0. The van der Waals surface area contributed by atoms with Gasteiger partial charge in [-0.15, -0.1) is 0 Å². The van der Waals surface area contributed by atoms with Crippen molar-refractivity contribution in [1.82, 2.24) is 15.1 Å². The van der Waals surface area contributed by atoms with Crippen molar-refractivity contribution in [2.45, 2.75) is 13.0 Å². The molecule has 1 aromatic heterocycles. The summed E-state index contributed by atoms with van der Waals surface area (Å²) in [5, 5.41) is 7.82. The summed E-state index contributed by atoms with van der Waals surface area (Å²) >= 11 is 0. The Morgan fingerprint density at radius 3 is 2.89 bits per heavy atom.